The van der Waals surface area contributed by atoms with Crippen molar-refractivity contribution < 1.29 is 24.2 Å². The molecule has 0 aromatic heterocycles. The summed E-state index contributed by atoms with van der Waals surface area (Å²) in [7, 11) is 0. The Morgan fingerprint density at radius 3 is 2.21 bits per heavy atom. The molecule has 6 atom stereocenters. The molecule has 6 nitrogen and oxygen atoms in total. The Hall–Kier alpha value is -3.59. The summed E-state index contributed by atoms with van der Waals surface area (Å²) < 4.78 is 16.8. The van der Waals surface area contributed by atoms with Crippen molar-refractivity contribution in [3.05, 3.63) is 135 Å². The summed E-state index contributed by atoms with van der Waals surface area (Å²) in [5.41, 5.74) is 0.854. The number of nitrogens with zero attached hydrogens (tertiary/aromatic N) is 1. The second-order valence-electron chi connectivity index (χ2n) is 16.4. The molecular weight excluding hydrogens is 710 g/mol. The highest BCUT2D eigenvalue weighted by molar-refractivity contribution is 6.31. The van der Waals surface area contributed by atoms with Crippen molar-refractivity contribution in [3.63, 3.8) is 0 Å². The van der Waals surface area contributed by atoms with E-state index in [4.69, 9.17) is 23.2 Å². The lowest BCUT2D eigenvalue weighted by Crippen LogP contribution is -2.52. The number of aliphatic hydroxyl groups is 2. The van der Waals surface area contributed by atoms with Gasteiger partial charge in [-0.2, -0.15) is 0 Å². The molecule has 2 fully saturated rings. The molecule has 4 aromatic rings. The third-order valence-electron chi connectivity index (χ3n) is 11.7. The Morgan fingerprint density at radius 1 is 0.925 bits per heavy atom. The summed E-state index contributed by atoms with van der Waals surface area (Å²) in [6, 6.07) is 26.4. The molecule has 1 saturated carbocycles. The zero-order valence-corrected chi connectivity index (χ0v) is 31.8. The van der Waals surface area contributed by atoms with Gasteiger partial charge < -0.3 is 15.5 Å². The highest BCUT2D eigenvalue weighted by Gasteiger charge is 2.70. The molecule has 1 spiro atoms. The lowest BCUT2D eigenvalue weighted by Gasteiger charge is -2.44. The number of hydrogen-bond acceptors (Lipinski definition) is 5. The number of ketones is 1. The molecule has 53 heavy (non-hydrogen) atoms. The van der Waals surface area contributed by atoms with E-state index in [9.17, 15) is 10.2 Å². The van der Waals surface area contributed by atoms with Gasteiger partial charge in [-0.05, 0) is 83.9 Å². The third kappa shape index (κ3) is 6.96. The number of amides is 1. The fourth-order valence-electron chi connectivity index (χ4n) is 9.52. The zero-order chi connectivity index (χ0) is 37.7. The summed E-state index contributed by atoms with van der Waals surface area (Å²) in [6.45, 7) is 6.28. The van der Waals surface area contributed by atoms with Crippen molar-refractivity contribution >= 4 is 40.6 Å². The van der Waals surface area contributed by atoms with Gasteiger partial charge in [-0.25, -0.2) is 4.39 Å². The van der Waals surface area contributed by atoms with Gasteiger partial charge in [-0.3, -0.25) is 14.5 Å². The maximum atomic E-state index is 16.8. The standard InChI is InChI=1S/C44H47Cl2FN2O4/c1-43(2,3)25-36-44(32-22-19-29(45)24-34(32)48-42(44)53)37(31-15-10-16-33(46)38(31)47)40(35(51)23-26-17-20-30(50)21-18-26)49(36)39(27-11-6-4-7-12-27)41(52)28-13-8-5-9-14-28/h4-16,19,22,24,26,30,36-37,39-41,50,52H,17-18,20-21,23,25H2,1-3H3,(H,48,53)/t26?,30?,36-,37+,39-,40+,41+,44+/m1/s1. The first-order valence-electron chi connectivity index (χ1n) is 18.6. The van der Waals surface area contributed by atoms with Crippen LogP contribution in [-0.4, -0.2) is 45.0 Å². The molecule has 3 aliphatic rings. The second kappa shape index (κ2) is 14.9. The van der Waals surface area contributed by atoms with Crippen LogP contribution in [0, 0.1) is 17.2 Å². The van der Waals surface area contributed by atoms with Crippen LogP contribution in [0.4, 0.5) is 10.1 Å². The Kier molecular flexibility index (Phi) is 10.6. The fourth-order valence-corrected chi connectivity index (χ4v) is 9.88. The van der Waals surface area contributed by atoms with E-state index in [-0.39, 0.29) is 40.0 Å². The minimum atomic E-state index is -1.49. The number of fused-ring (bicyclic) bond motifs is 2. The first kappa shape index (κ1) is 37.7. The first-order chi connectivity index (χ1) is 25.3. The summed E-state index contributed by atoms with van der Waals surface area (Å²) in [5, 5.41) is 26.4. The number of carbonyl (C=O) groups excluding carboxylic acids is 2. The smallest absolute Gasteiger partial charge is 0.237 e. The van der Waals surface area contributed by atoms with Crippen LogP contribution in [0.3, 0.4) is 0 Å². The number of likely N-dealkylation sites (tertiary alicyclic amines) is 1. The van der Waals surface area contributed by atoms with E-state index in [2.05, 4.69) is 31.0 Å². The van der Waals surface area contributed by atoms with Crippen molar-refractivity contribution in [2.45, 2.75) is 101 Å². The summed E-state index contributed by atoms with van der Waals surface area (Å²) >= 11 is 13.1. The van der Waals surface area contributed by atoms with Gasteiger partial charge in [0.2, 0.25) is 5.91 Å². The number of halogens is 3. The van der Waals surface area contributed by atoms with Crippen LogP contribution in [0.15, 0.2) is 97.1 Å². The van der Waals surface area contributed by atoms with Gasteiger partial charge in [0.05, 0.1) is 29.3 Å². The molecule has 3 N–H and O–H groups in total. The average Bonchev–Trinajstić information content (AvgIpc) is 3.57. The minimum absolute atomic E-state index is 0.00736. The molecule has 0 radical (unpaired) electrons. The average molecular weight is 758 g/mol. The van der Waals surface area contributed by atoms with Crippen molar-refractivity contribution in [2.75, 3.05) is 5.32 Å². The van der Waals surface area contributed by atoms with Crippen LogP contribution < -0.4 is 5.32 Å². The Balaban J connectivity index is 1.56. The topological polar surface area (TPSA) is 89.9 Å². The molecular formula is C44H47Cl2FN2O4. The SMILES string of the molecule is CC(C)(C)C[C@H]1N([C@H](c2ccccc2)[C@@H](O)c2ccccc2)[C@@H](C(=O)CC2CCC(O)CC2)[C@H](c2cccc(Cl)c2F)[C@@]12C(=O)Nc1cc(Cl)ccc12. The minimum Gasteiger partial charge on any atom is -0.393 e. The van der Waals surface area contributed by atoms with E-state index >= 15 is 14.0 Å². The number of rotatable bonds is 9. The van der Waals surface area contributed by atoms with E-state index in [1.807, 2.05) is 66.7 Å². The molecule has 2 heterocycles. The van der Waals surface area contributed by atoms with Gasteiger partial charge in [0.15, 0.2) is 5.78 Å². The van der Waals surface area contributed by atoms with E-state index < -0.39 is 47.5 Å². The van der Waals surface area contributed by atoms with Crippen LogP contribution in [-0.2, 0) is 15.0 Å². The number of aliphatic hydroxyl groups excluding tert-OH is 2. The van der Waals surface area contributed by atoms with Crippen molar-refractivity contribution in [3.8, 4) is 0 Å². The molecule has 278 valence electrons. The van der Waals surface area contributed by atoms with Crippen molar-refractivity contribution in [1.29, 1.82) is 0 Å². The normalized spacial score (nSPS) is 27.0. The molecule has 1 saturated heterocycles. The summed E-state index contributed by atoms with van der Waals surface area (Å²) in [6.07, 6.45) is 1.65. The van der Waals surface area contributed by atoms with E-state index in [0.717, 1.165) is 5.56 Å². The van der Waals surface area contributed by atoms with Gasteiger partial charge in [0, 0.05) is 29.1 Å². The highest BCUT2D eigenvalue weighted by atomic mass is 35.5. The maximum absolute atomic E-state index is 16.8. The number of carbonyl (C=O) groups is 2. The Morgan fingerprint density at radius 2 is 1.57 bits per heavy atom. The number of anilines is 1. The molecule has 9 heteroatoms. The summed E-state index contributed by atoms with van der Waals surface area (Å²) in [5.74, 6) is -2.19. The van der Waals surface area contributed by atoms with Crippen molar-refractivity contribution in [2.24, 2.45) is 11.3 Å². The van der Waals surface area contributed by atoms with E-state index in [1.54, 1.807) is 24.3 Å². The Bertz CT molecular complexity index is 1960. The van der Waals surface area contributed by atoms with E-state index in [0.29, 0.717) is 53.9 Å². The van der Waals surface area contributed by atoms with Crippen LogP contribution in [0.5, 0.6) is 0 Å². The predicted octanol–water partition coefficient (Wildman–Crippen LogP) is 9.58. The molecule has 2 aliphatic heterocycles. The number of Topliss-reactive ketones (excluding diaryl/α,β-unsaturated/α-hetero) is 1. The van der Waals surface area contributed by atoms with Gasteiger partial charge in [0.25, 0.3) is 0 Å². The monoisotopic (exact) mass is 756 g/mol. The fraction of sp³-hybridized carbons (Fsp3) is 0.409. The third-order valence-corrected chi connectivity index (χ3v) is 12.3. The first-order valence-corrected chi connectivity index (χ1v) is 19.4. The molecule has 1 aliphatic carbocycles. The van der Waals surface area contributed by atoms with Crippen LogP contribution in [0.2, 0.25) is 10.0 Å². The highest BCUT2D eigenvalue weighted by Crippen LogP contribution is 2.63. The summed E-state index contributed by atoms with van der Waals surface area (Å²) in [4.78, 5) is 32.8. The van der Waals surface area contributed by atoms with Crippen molar-refractivity contribution in [1.82, 2.24) is 4.90 Å². The molecule has 4 aromatic carbocycles. The van der Waals surface area contributed by atoms with E-state index in [1.165, 1.54) is 6.07 Å². The largest absolute Gasteiger partial charge is 0.393 e. The molecule has 0 bridgehead atoms. The predicted molar refractivity (Wildman–Crippen MR) is 208 cm³/mol. The van der Waals surface area contributed by atoms with Gasteiger partial charge in [-0.15, -0.1) is 0 Å². The number of benzene rings is 4. The van der Waals surface area contributed by atoms with Gasteiger partial charge >= 0.3 is 0 Å². The van der Waals surface area contributed by atoms with Gasteiger partial charge in [0.1, 0.15) is 11.2 Å². The van der Waals surface area contributed by atoms with Crippen LogP contribution >= 0.6 is 23.2 Å². The van der Waals surface area contributed by atoms with Gasteiger partial charge in [-0.1, -0.05) is 123 Å². The van der Waals surface area contributed by atoms with Crippen LogP contribution in [0.1, 0.15) is 99.6 Å². The Labute approximate surface area is 321 Å². The maximum Gasteiger partial charge on any atom is 0.237 e. The second-order valence-corrected chi connectivity index (χ2v) is 17.2. The zero-order valence-electron chi connectivity index (χ0n) is 30.3. The quantitative estimate of drug-likeness (QED) is 0.158. The van der Waals surface area contributed by atoms with Crippen LogP contribution in [0.25, 0.3) is 0 Å². The molecule has 1 amide bonds. The lowest BCUT2D eigenvalue weighted by molar-refractivity contribution is -0.128. The molecule has 7 rings (SSSR count). The number of nitrogens with one attached hydrogen (secondary N) is 1. The number of hydrogen-bond donors (Lipinski definition) is 3. The molecule has 0 unspecified atom stereocenters. The lowest BCUT2D eigenvalue weighted by atomic mass is 9.62.